The highest BCUT2D eigenvalue weighted by Crippen LogP contribution is 2.62. The van der Waals surface area contributed by atoms with Crippen molar-refractivity contribution < 1.29 is 24.8 Å². The first-order valence-corrected chi connectivity index (χ1v) is 9.38. The molecule has 0 aromatic carbocycles. The van der Waals surface area contributed by atoms with Crippen LogP contribution in [-0.2, 0) is 9.47 Å². The molecule has 6 atom stereocenters. The van der Waals surface area contributed by atoms with E-state index in [4.69, 9.17) is 9.47 Å². The second-order valence-electron chi connectivity index (χ2n) is 8.52. The highest BCUT2D eigenvalue weighted by atomic mass is 16.7. The Kier molecular flexibility index (Phi) is 4.93. The maximum Gasteiger partial charge on any atom is 0.187 e. The van der Waals surface area contributed by atoms with Gasteiger partial charge < -0.3 is 24.8 Å². The van der Waals surface area contributed by atoms with Crippen molar-refractivity contribution in [3.63, 3.8) is 0 Å². The molecule has 0 aromatic heterocycles. The minimum atomic E-state index is -1.08. The lowest BCUT2D eigenvalue weighted by molar-refractivity contribution is -0.154. The SMILES string of the molecule is C/C1=C\[C@@H]2O[C@@H](O)[C@@]3(C)O[C@@]23CC/C(C)=C/CC[C@](C)(O)[C@@H](O)CC1. The summed E-state index contributed by atoms with van der Waals surface area (Å²) in [4.78, 5) is 0. The van der Waals surface area contributed by atoms with Crippen LogP contribution < -0.4 is 0 Å². The van der Waals surface area contributed by atoms with Crippen molar-refractivity contribution in [1.29, 1.82) is 0 Å². The number of epoxide rings is 1. The third-order valence-electron chi connectivity index (χ3n) is 6.40. The van der Waals surface area contributed by atoms with Crippen LogP contribution in [0.4, 0.5) is 0 Å². The van der Waals surface area contributed by atoms with E-state index in [0.29, 0.717) is 19.3 Å². The number of rotatable bonds is 0. The molecule has 2 heterocycles. The van der Waals surface area contributed by atoms with E-state index in [1.54, 1.807) is 6.92 Å². The van der Waals surface area contributed by atoms with Gasteiger partial charge in [-0.2, -0.15) is 0 Å². The number of ether oxygens (including phenoxy) is 2. The molecule has 0 amide bonds. The Bertz CT molecular complexity index is 581. The van der Waals surface area contributed by atoms with Crippen LogP contribution >= 0.6 is 0 Å². The topological polar surface area (TPSA) is 82.5 Å². The van der Waals surface area contributed by atoms with Crippen LogP contribution in [0.5, 0.6) is 0 Å². The van der Waals surface area contributed by atoms with E-state index in [0.717, 1.165) is 24.8 Å². The van der Waals surface area contributed by atoms with Crippen molar-refractivity contribution in [3.05, 3.63) is 23.3 Å². The second-order valence-corrected chi connectivity index (χ2v) is 8.52. The van der Waals surface area contributed by atoms with E-state index < -0.39 is 29.2 Å². The quantitative estimate of drug-likeness (QED) is 0.461. The summed E-state index contributed by atoms with van der Waals surface area (Å²) < 4.78 is 11.8. The van der Waals surface area contributed by atoms with Gasteiger partial charge in [0.25, 0.3) is 0 Å². The normalized spacial score (nSPS) is 52.8. The zero-order valence-corrected chi connectivity index (χ0v) is 15.8. The number of hydrogen-bond donors (Lipinski definition) is 3. The summed E-state index contributed by atoms with van der Waals surface area (Å²) in [6.07, 6.45) is 6.31. The van der Waals surface area contributed by atoms with E-state index in [2.05, 4.69) is 13.0 Å². The Morgan fingerprint density at radius 1 is 1.08 bits per heavy atom. The molecular weight excluding hydrogens is 320 g/mol. The molecule has 0 unspecified atom stereocenters. The number of hydrogen-bond acceptors (Lipinski definition) is 5. The molecule has 0 aromatic rings. The molecule has 3 rings (SSSR count). The summed E-state index contributed by atoms with van der Waals surface area (Å²) in [7, 11) is 0. The average Bonchev–Trinajstić information content (AvgIpc) is 3.10. The van der Waals surface area contributed by atoms with Crippen molar-refractivity contribution in [2.45, 2.75) is 102 Å². The van der Waals surface area contributed by atoms with E-state index >= 15 is 0 Å². The summed E-state index contributed by atoms with van der Waals surface area (Å²) >= 11 is 0. The summed E-state index contributed by atoms with van der Waals surface area (Å²) in [6, 6.07) is 0. The van der Waals surface area contributed by atoms with Crippen LogP contribution in [0.3, 0.4) is 0 Å². The van der Waals surface area contributed by atoms with Crippen molar-refractivity contribution in [2.24, 2.45) is 0 Å². The van der Waals surface area contributed by atoms with Gasteiger partial charge in [0, 0.05) is 0 Å². The van der Waals surface area contributed by atoms with Gasteiger partial charge in [0.05, 0.1) is 11.7 Å². The molecule has 2 aliphatic heterocycles. The monoisotopic (exact) mass is 352 g/mol. The highest BCUT2D eigenvalue weighted by molar-refractivity contribution is 5.29. The zero-order valence-electron chi connectivity index (χ0n) is 15.8. The summed E-state index contributed by atoms with van der Waals surface area (Å²) in [5.41, 5.74) is 0.137. The fourth-order valence-electron chi connectivity index (χ4n) is 4.23. The van der Waals surface area contributed by atoms with E-state index in [-0.39, 0.29) is 6.10 Å². The van der Waals surface area contributed by atoms with E-state index in [1.165, 1.54) is 5.57 Å². The Hall–Kier alpha value is -0.720. The van der Waals surface area contributed by atoms with Gasteiger partial charge >= 0.3 is 0 Å². The van der Waals surface area contributed by atoms with Crippen molar-refractivity contribution in [2.75, 3.05) is 0 Å². The summed E-state index contributed by atoms with van der Waals surface area (Å²) in [6.45, 7) is 7.71. The molecule has 5 heteroatoms. The predicted octanol–water partition coefficient (Wildman–Crippen LogP) is 2.59. The van der Waals surface area contributed by atoms with E-state index in [1.807, 2.05) is 19.9 Å². The van der Waals surface area contributed by atoms with Crippen LogP contribution in [0.25, 0.3) is 0 Å². The molecule has 3 aliphatic rings. The fourth-order valence-corrected chi connectivity index (χ4v) is 4.23. The molecule has 142 valence electrons. The lowest BCUT2D eigenvalue weighted by atomic mass is 9.84. The summed E-state index contributed by atoms with van der Waals surface area (Å²) in [5.74, 6) is 0. The Labute approximate surface area is 150 Å². The largest absolute Gasteiger partial charge is 0.390 e. The minimum Gasteiger partial charge on any atom is -0.390 e. The molecule has 25 heavy (non-hydrogen) atoms. The van der Waals surface area contributed by atoms with Crippen LogP contribution in [0.15, 0.2) is 23.3 Å². The van der Waals surface area contributed by atoms with Crippen molar-refractivity contribution in [1.82, 2.24) is 0 Å². The van der Waals surface area contributed by atoms with Gasteiger partial charge in [-0.3, -0.25) is 0 Å². The van der Waals surface area contributed by atoms with Gasteiger partial charge in [0.15, 0.2) is 6.29 Å². The molecule has 2 fully saturated rings. The standard InChI is InChI=1S/C20H32O5/c1-13-6-5-10-18(3,23)15(21)8-7-14(2)12-16-20(11-9-13)19(4,25-20)17(22)24-16/h6,12,15-17,21-23H,5,7-11H2,1-4H3/b13-6+,14-12+/t15-,16-,17+,18-,19+,20-/m0/s1. The third-order valence-corrected chi connectivity index (χ3v) is 6.40. The second kappa shape index (κ2) is 6.46. The van der Waals surface area contributed by atoms with Gasteiger partial charge in [0.1, 0.15) is 17.3 Å². The molecule has 0 saturated carbocycles. The number of allylic oxidation sites excluding steroid dienone is 3. The molecule has 1 aliphatic carbocycles. The molecular formula is C20H32O5. The molecule has 2 saturated heterocycles. The molecule has 1 spiro atoms. The highest BCUT2D eigenvalue weighted by Gasteiger charge is 2.79. The zero-order chi connectivity index (χ0) is 18.5. The molecule has 3 N–H and O–H groups in total. The lowest BCUT2D eigenvalue weighted by Gasteiger charge is -2.29. The predicted molar refractivity (Wildman–Crippen MR) is 94.9 cm³/mol. The first-order chi connectivity index (χ1) is 11.6. The van der Waals surface area contributed by atoms with Gasteiger partial charge in [-0.25, -0.2) is 0 Å². The Morgan fingerprint density at radius 2 is 1.80 bits per heavy atom. The maximum absolute atomic E-state index is 10.5. The number of aliphatic hydroxyl groups excluding tert-OH is 2. The fraction of sp³-hybridized carbons (Fsp3) is 0.800. The number of aliphatic hydroxyl groups is 3. The van der Waals surface area contributed by atoms with Gasteiger partial charge in [0.2, 0.25) is 0 Å². The van der Waals surface area contributed by atoms with E-state index in [9.17, 15) is 15.3 Å². The smallest absolute Gasteiger partial charge is 0.187 e. The lowest BCUT2D eigenvalue weighted by Crippen LogP contribution is -2.39. The van der Waals surface area contributed by atoms with Crippen LogP contribution in [0.2, 0.25) is 0 Å². The molecule has 0 bridgehead atoms. The Balaban J connectivity index is 1.84. The average molecular weight is 352 g/mol. The Morgan fingerprint density at radius 3 is 2.48 bits per heavy atom. The van der Waals surface area contributed by atoms with Crippen LogP contribution in [-0.4, -0.2) is 50.6 Å². The van der Waals surface area contributed by atoms with Crippen molar-refractivity contribution >= 4 is 0 Å². The summed E-state index contributed by atoms with van der Waals surface area (Å²) in [5, 5.41) is 31.1. The molecule has 0 radical (unpaired) electrons. The van der Waals surface area contributed by atoms with Crippen LogP contribution in [0.1, 0.15) is 66.2 Å². The van der Waals surface area contributed by atoms with Gasteiger partial charge in [-0.1, -0.05) is 23.3 Å². The van der Waals surface area contributed by atoms with Crippen LogP contribution in [0, 0.1) is 0 Å². The minimum absolute atomic E-state index is 0.277. The first-order valence-electron chi connectivity index (χ1n) is 9.38. The van der Waals surface area contributed by atoms with Crippen molar-refractivity contribution in [3.8, 4) is 0 Å². The first kappa shape index (κ1) is 19.1. The maximum atomic E-state index is 10.5. The van der Waals surface area contributed by atoms with Gasteiger partial charge in [-0.15, -0.1) is 0 Å². The van der Waals surface area contributed by atoms with Gasteiger partial charge in [-0.05, 0) is 66.2 Å². The third kappa shape index (κ3) is 3.33. The molecule has 5 nitrogen and oxygen atoms in total.